The van der Waals surface area contributed by atoms with Gasteiger partial charge in [0.15, 0.2) is 6.61 Å². The lowest BCUT2D eigenvalue weighted by Gasteiger charge is -2.34. The summed E-state index contributed by atoms with van der Waals surface area (Å²) >= 11 is 0. The molecule has 0 unspecified atom stereocenters. The number of piperazine rings is 1. The Bertz CT molecular complexity index is 984. The van der Waals surface area contributed by atoms with E-state index in [0.29, 0.717) is 11.5 Å². The second kappa shape index (κ2) is 8.71. The van der Waals surface area contributed by atoms with Crippen LogP contribution in [0.4, 0.5) is 0 Å². The summed E-state index contributed by atoms with van der Waals surface area (Å²) in [5, 5.41) is 9.43. The molecule has 0 atom stereocenters. The van der Waals surface area contributed by atoms with Gasteiger partial charge in [0.2, 0.25) is 10.0 Å². The lowest BCUT2D eigenvalue weighted by Crippen LogP contribution is -2.51. The zero-order valence-corrected chi connectivity index (χ0v) is 17.2. The number of carbonyl (C=O) groups is 1. The van der Waals surface area contributed by atoms with Gasteiger partial charge in [0, 0.05) is 32.2 Å². The molecule has 0 bridgehead atoms. The molecular weight excluding hydrogens is 396 g/mol. The zero-order valence-electron chi connectivity index (χ0n) is 16.4. The Balaban J connectivity index is 1.61. The summed E-state index contributed by atoms with van der Waals surface area (Å²) in [5.74, 6) is 0.513. The van der Waals surface area contributed by atoms with E-state index >= 15 is 0 Å². The third-order valence-electron chi connectivity index (χ3n) is 4.71. The number of phenols is 1. The maximum Gasteiger partial charge on any atom is 0.260 e. The molecule has 1 N–H and O–H groups in total. The average molecular weight is 420 g/mol. The molecule has 2 aromatic rings. The number of amides is 1. The lowest BCUT2D eigenvalue weighted by molar-refractivity contribution is -0.134. The van der Waals surface area contributed by atoms with Crippen molar-refractivity contribution in [3.8, 4) is 17.2 Å². The molecule has 8 nitrogen and oxygen atoms in total. The Labute approximate surface area is 170 Å². The molecular formula is C20H24N2O6S. The third kappa shape index (κ3) is 4.80. The van der Waals surface area contributed by atoms with Crippen LogP contribution in [0.1, 0.15) is 5.56 Å². The van der Waals surface area contributed by atoms with Crippen molar-refractivity contribution < 1.29 is 27.8 Å². The number of sulfonamides is 1. The van der Waals surface area contributed by atoms with Crippen molar-refractivity contribution in [2.45, 2.75) is 11.8 Å². The summed E-state index contributed by atoms with van der Waals surface area (Å²) in [6, 6.07) is 11.2. The van der Waals surface area contributed by atoms with Gasteiger partial charge in [0.1, 0.15) is 22.1 Å². The number of aromatic hydroxyl groups is 1. The van der Waals surface area contributed by atoms with Gasteiger partial charge in [-0.3, -0.25) is 4.79 Å². The van der Waals surface area contributed by atoms with Crippen LogP contribution in [0.15, 0.2) is 47.4 Å². The van der Waals surface area contributed by atoms with E-state index in [0.717, 1.165) is 5.56 Å². The molecule has 0 spiro atoms. The van der Waals surface area contributed by atoms with E-state index in [9.17, 15) is 18.3 Å². The number of methoxy groups -OCH3 is 1. The second-order valence-corrected chi connectivity index (χ2v) is 8.63. The van der Waals surface area contributed by atoms with E-state index in [4.69, 9.17) is 9.47 Å². The van der Waals surface area contributed by atoms with Crippen molar-refractivity contribution >= 4 is 15.9 Å². The average Bonchev–Trinajstić information content (AvgIpc) is 2.72. The van der Waals surface area contributed by atoms with Crippen LogP contribution in [0.5, 0.6) is 17.2 Å². The van der Waals surface area contributed by atoms with Crippen LogP contribution in [0.2, 0.25) is 0 Å². The molecule has 0 aliphatic carbocycles. The summed E-state index contributed by atoms with van der Waals surface area (Å²) in [6.07, 6.45) is 0. The summed E-state index contributed by atoms with van der Waals surface area (Å²) in [5.41, 5.74) is 0.822. The van der Waals surface area contributed by atoms with Gasteiger partial charge in [-0.2, -0.15) is 4.31 Å². The molecule has 1 amide bonds. The summed E-state index contributed by atoms with van der Waals surface area (Å²) in [6.45, 7) is 2.57. The van der Waals surface area contributed by atoms with E-state index in [-0.39, 0.29) is 49.3 Å². The summed E-state index contributed by atoms with van der Waals surface area (Å²) in [7, 11) is -2.29. The van der Waals surface area contributed by atoms with Gasteiger partial charge in [-0.05, 0) is 36.8 Å². The molecule has 1 fully saturated rings. The number of aryl methyl sites for hydroxylation is 1. The van der Waals surface area contributed by atoms with E-state index in [1.807, 2.05) is 6.92 Å². The van der Waals surface area contributed by atoms with E-state index < -0.39 is 10.0 Å². The number of ether oxygens (including phenoxy) is 2. The number of benzene rings is 2. The first kappa shape index (κ1) is 20.9. The van der Waals surface area contributed by atoms with Gasteiger partial charge in [-0.15, -0.1) is 0 Å². The van der Waals surface area contributed by atoms with Crippen molar-refractivity contribution in [1.29, 1.82) is 0 Å². The van der Waals surface area contributed by atoms with Gasteiger partial charge in [0.05, 0.1) is 7.11 Å². The predicted octanol–water partition coefficient (Wildman–Crippen LogP) is 1.62. The number of carbonyl (C=O) groups excluding carboxylic acids is 1. The van der Waals surface area contributed by atoms with Crippen molar-refractivity contribution in [2.24, 2.45) is 0 Å². The molecule has 2 aromatic carbocycles. The Morgan fingerprint density at radius 1 is 1.10 bits per heavy atom. The molecule has 29 heavy (non-hydrogen) atoms. The first-order chi connectivity index (χ1) is 13.8. The Hall–Kier alpha value is -2.78. The number of nitrogens with zero attached hydrogens (tertiary/aromatic N) is 2. The number of rotatable bonds is 6. The topological polar surface area (TPSA) is 96.4 Å². The second-order valence-electron chi connectivity index (χ2n) is 6.73. The smallest absolute Gasteiger partial charge is 0.260 e. The minimum absolute atomic E-state index is 0.0559. The molecule has 0 saturated carbocycles. The van der Waals surface area contributed by atoms with Crippen molar-refractivity contribution in [2.75, 3.05) is 39.9 Å². The lowest BCUT2D eigenvalue weighted by atomic mass is 10.2. The molecule has 0 radical (unpaired) electrons. The molecule has 156 valence electrons. The molecule has 1 aliphatic heterocycles. The molecule has 1 aliphatic rings. The normalized spacial score (nSPS) is 15.2. The fraction of sp³-hybridized carbons (Fsp3) is 0.350. The summed E-state index contributed by atoms with van der Waals surface area (Å²) in [4.78, 5) is 14.1. The van der Waals surface area contributed by atoms with E-state index in [2.05, 4.69) is 0 Å². The van der Waals surface area contributed by atoms with Crippen molar-refractivity contribution in [1.82, 2.24) is 9.21 Å². The molecule has 3 rings (SSSR count). The maximum atomic E-state index is 13.0. The zero-order chi connectivity index (χ0) is 21.0. The van der Waals surface area contributed by atoms with E-state index in [1.165, 1.54) is 23.5 Å². The van der Waals surface area contributed by atoms with Gasteiger partial charge >= 0.3 is 0 Å². The molecule has 9 heteroatoms. The van der Waals surface area contributed by atoms with Crippen molar-refractivity contribution in [3.05, 3.63) is 48.0 Å². The number of hydrogen-bond donors (Lipinski definition) is 1. The van der Waals surface area contributed by atoms with Crippen LogP contribution in [-0.4, -0.2) is 68.5 Å². The third-order valence-corrected chi connectivity index (χ3v) is 6.63. The van der Waals surface area contributed by atoms with Crippen molar-refractivity contribution in [3.63, 3.8) is 0 Å². The Kier molecular flexibility index (Phi) is 6.29. The fourth-order valence-electron chi connectivity index (χ4n) is 3.11. The number of hydrogen-bond acceptors (Lipinski definition) is 6. The highest BCUT2D eigenvalue weighted by atomic mass is 32.2. The first-order valence-electron chi connectivity index (χ1n) is 9.15. The monoisotopic (exact) mass is 420 g/mol. The highest BCUT2D eigenvalue weighted by Crippen LogP contribution is 2.28. The molecule has 1 saturated heterocycles. The van der Waals surface area contributed by atoms with Gasteiger partial charge < -0.3 is 19.5 Å². The van der Waals surface area contributed by atoms with Crippen LogP contribution in [-0.2, 0) is 14.8 Å². The quantitative estimate of drug-likeness (QED) is 0.763. The number of phenolic OH excluding ortho intramolecular Hbond substituents is 1. The predicted molar refractivity (Wildman–Crippen MR) is 107 cm³/mol. The minimum atomic E-state index is -3.73. The standard InChI is InChI=1S/C20H24N2O6S/c1-15-6-7-18(27-2)19(12-15)29(25,26)22-10-8-21(9-11-22)20(24)14-28-17-5-3-4-16(23)13-17/h3-7,12-13,23H,8-11,14H2,1-2H3. The van der Waals surface area contributed by atoms with E-state index in [1.54, 1.807) is 35.2 Å². The minimum Gasteiger partial charge on any atom is -0.508 e. The van der Waals surface area contributed by atoms with Gasteiger partial charge in [-0.25, -0.2) is 8.42 Å². The highest BCUT2D eigenvalue weighted by molar-refractivity contribution is 7.89. The molecule has 0 aromatic heterocycles. The summed E-state index contributed by atoms with van der Waals surface area (Å²) < 4.78 is 38.1. The van der Waals surface area contributed by atoms with Crippen LogP contribution in [0, 0.1) is 6.92 Å². The van der Waals surface area contributed by atoms with Gasteiger partial charge in [0.25, 0.3) is 5.91 Å². The fourth-order valence-corrected chi connectivity index (χ4v) is 4.77. The Morgan fingerprint density at radius 2 is 1.83 bits per heavy atom. The van der Waals surface area contributed by atoms with Crippen LogP contribution < -0.4 is 9.47 Å². The SMILES string of the molecule is COc1ccc(C)cc1S(=O)(=O)N1CCN(C(=O)COc2cccc(O)c2)CC1. The maximum absolute atomic E-state index is 13.0. The first-order valence-corrected chi connectivity index (χ1v) is 10.6. The van der Waals surface area contributed by atoms with Crippen LogP contribution >= 0.6 is 0 Å². The molecule has 1 heterocycles. The van der Waals surface area contributed by atoms with Gasteiger partial charge in [-0.1, -0.05) is 12.1 Å². The van der Waals surface area contributed by atoms with Crippen LogP contribution in [0.25, 0.3) is 0 Å². The van der Waals surface area contributed by atoms with Crippen LogP contribution in [0.3, 0.4) is 0 Å². The highest BCUT2D eigenvalue weighted by Gasteiger charge is 2.32. The Morgan fingerprint density at radius 3 is 2.48 bits per heavy atom. The largest absolute Gasteiger partial charge is 0.508 e.